The Labute approximate surface area is 153 Å². The van der Waals surface area contributed by atoms with E-state index in [-0.39, 0.29) is 12.5 Å². The number of ether oxygens (including phenoxy) is 1. The lowest BCUT2D eigenvalue weighted by Gasteiger charge is -2.13. The molecule has 3 N–H and O–H groups in total. The molecule has 140 valence electrons. The average Bonchev–Trinajstić information content (AvgIpc) is 3.14. The summed E-state index contributed by atoms with van der Waals surface area (Å²) in [6.07, 6.45) is 1.68. The fraction of sp³-hybridized carbons (Fsp3) is 0.556. The lowest BCUT2D eigenvalue weighted by Crippen LogP contribution is -2.15. The maximum atomic E-state index is 9.02. The zero-order valence-electron chi connectivity index (χ0n) is 15.3. The summed E-state index contributed by atoms with van der Waals surface area (Å²) in [5, 5.41) is 15.4. The summed E-state index contributed by atoms with van der Waals surface area (Å²) in [7, 11) is 0. The summed E-state index contributed by atoms with van der Waals surface area (Å²) in [5.74, 6) is 2.39. The lowest BCUT2D eigenvalue weighted by atomic mass is 10.0. The fourth-order valence-electron chi connectivity index (χ4n) is 2.99. The Morgan fingerprint density at radius 3 is 2.58 bits per heavy atom. The molecule has 8 heteroatoms. The third kappa shape index (κ3) is 5.09. The molecule has 26 heavy (non-hydrogen) atoms. The minimum Gasteiger partial charge on any atom is -0.395 e. The van der Waals surface area contributed by atoms with Gasteiger partial charge in [-0.1, -0.05) is 0 Å². The van der Waals surface area contributed by atoms with Crippen molar-refractivity contribution < 1.29 is 9.84 Å². The molecule has 0 spiro atoms. The number of aromatic nitrogens is 4. The van der Waals surface area contributed by atoms with Crippen LogP contribution in [0.25, 0.3) is 0 Å². The first-order chi connectivity index (χ1) is 12.6. The molecular weight excluding hydrogens is 332 g/mol. The van der Waals surface area contributed by atoms with Gasteiger partial charge in [-0.25, -0.2) is 15.0 Å². The van der Waals surface area contributed by atoms with Gasteiger partial charge in [-0.3, -0.25) is 0 Å². The molecule has 0 aliphatic carbocycles. The standard InChI is InChI=1S/C18H26N6O2/c1-12-9-13(2)22-16(21-12)3-5-19-17-10-15(14-4-8-26-11-14)23-18(24-17)20-6-7-25/h9-10,14,25H,3-8,11H2,1-2H3,(H2,19,20,23,24)/t14-/m0/s1. The van der Waals surface area contributed by atoms with Gasteiger partial charge in [0, 0.05) is 49.5 Å². The number of aliphatic hydroxyl groups excluding tert-OH is 1. The summed E-state index contributed by atoms with van der Waals surface area (Å²) in [6.45, 7) is 6.54. The van der Waals surface area contributed by atoms with Crippen molar-refractivity contribution in [2.24, 2.45) is 0 Å². The molecule has 2 aromatic rings. The number of aryl methyl sites for hydroxylation is 2. The van der Waals surface area contributed by atoms with Gasteiger partial charge in [-0.2, -0.15) is 4.98 Å². The molecule has 1 aliphatic heterocycles. The van der Waals surface area contributed by atoms with Crippen molar-refractivity contribution in [3.63, 3.8) is 0 Å². The number of anilines is 2. The van der Waals surface area contributed by atoms with Gasteiger partial charge in [0.15, 0.2) is 0 Å². The lowest BCUT2D eigenvalue weighted by molar-refractivity contribution is 0.193. The summed E-state index contributed by atoms with van der Waals surface area (Å²) < 4.78 is 5.48. The molecule has 1 saturated heterocycles. The van der Waals surface area contributed by atoms with Gasteiger partial charge in [0.05, 0.1) is 18.9 Å². The van der Waals surface area contributed by atoms with Gasteiger partial charge >= 0.3 is 0 Å². The first-order valence-electron chi connectivity index (χ1n) is 9.00. The molecule has 0 unspecified atom stereocenters. The second-order valence-corrected chi connectivity index (χ2v) is 6.46. The maximum Gasteiger partial charge on any atom is 0.224 e. The molecule has 1 fully saturated rings. The quantitative estimate of drug-likeness (QED) is 0.651. The van der Waals surface area contributed by atoms with Gasteiger partial charge in [0.2, 0.25) is 5.95 Å². The second kappa shape index (κ2) is 8.86. The number of aliphatic hydroxyl groups is 1. The third-order valence-electron chi connectivity index (χ3n) is 4.17. The van der Waals surface area contributed by atoms with E-state index in [1.165, 1.54) is 0 Å². The molecule has 0 radical (unpaired) electrons. The summed E-state index contributed by atoms with van der Waals surface area (Å²) in [6, 6.07) is 3.95. The van der Waals surface area contributed by atoms with E-state index in [2.05, 4.69) is 30.6 Å². The van der Waals surface area contributed by atoms with E-state index in [0.717, 1.165) is 41.8 Å². The van der Waals surface area contributed by atoms with Gasteiger partial charge in [0.1, 0.15) is 11.6 Å². The molecule has 0 aromatic carbocycles. The summed E-state index contributed by atoms with van der Waals surface area (Å²) >= 11 is 0. The Hall–Kier alpha value is -2.32. The van der Waals surface area contributed by atoms with Crippen molar-refractivity contribution in [1.82, 2.24) is 19.9 Å². The van der Waals surface area contributed by atoms with E-state index >= 15 is 0 Å². The van der Waals surface area contributed by atoms with Crippen LogP contribution in [0.15, 0.2) is 12.1 Å². The van der Waals surface area contributed by atoms with E-state index in [1.807, 2.05) is 26.0 Å². The Balaban J connectivity index is 1.67. The van der Waals surface area contributed by atoms with Crippen molar-refractivity contribution in [2.75, 3.05) is 43.5 Å². The van der Waals surface area contributed by atoms with Crippen LogP contribution >= 0.6 is 0 Å². The first kappa shape index (κ1) is 18.5. The Morgan fingerprint density at radius 1 is 1.08 bits per heavy atom. The SMILES string of the molecule is Cc1cc(C)nc(CCNc2cc([C@H]3CCOC3)nc(NCCO)n2)n1. The number of nitrogens with one attached hydrogen (secondary N) is 2. The maximum absolute atomic E-state index is 9.02. The highest BCUT2D eigenvalue weighted by Gasteiger charge is 2.20. The van der Waals surface area contributed by atoms with Crippen molar-refractivity contribution in [2.45, 2.75) is 32.6 Å². The zero-order chi connectivity index (χ0) is 18.4. The fourth-order valence-corrected chi connectivity index (χ4v) is 2.99. The van der Waals surface area contributed by atoms with E-state index in [4.69, 9.17) is 9.84 Å². The summed E-state index contributed by atoms with van der Waals surface area (Å²) in [5.41, 5.74) is 2.92. The van der Waals surface area contributed by atoms with Crippen molar-refractivity contribution >= 4 is 11.8 Å². The Kier molecular flexibility index (Phi) is 6.30. The van der Waals surface area contributed by atoms with Gasteiger partial charge < -0.3 is 20.5 Å². The van der Waals surface area contributed by atoms with Gasteiger partial charge in [-0.15, -0.1) is 0 Å². The Morgan fingerprint density at radius 2 is 1.88 bits per heavy atom. The smallest absolute Gasteiger partial charge is 0.224 e. The number of hydrogen-bond donors (Lipinski definition) is 3. The van der Waals surface area contributed by atoms with Gasteiger partial charge in [0.25, 0.3) is 0 Å². The summed E-state index contributed by atoms with van der Waals surface area (Å²) in [4.78, 5) is 18.0. The molecule has 1 aliphatic rings. The van der Waals surface area contributed by atoms with Crippen LogP contribution < -0.4 is 10.6 Å². The van der Waals surface area contributed by atoms with Crippen LogP contribution in [0.3, 0.4) is 0 Å². The predicted octanol–water partition coefficient (Wildman–Crippen LogP) is 1.45. The molecule has 8 nitrogen and oxygen atoms in total. The highest BCUT2D eigenvalue weighted by atomic mass is 16.5. The monoisotopic (exact) mass is 358 g/mol. The number of nitrogens with zero attached hydrogens (tertiary/aromatic N) is 4. The molecule has 0 saturated carbocycles. The van der Waals surface area contributed by atoms with Crippen molar-refractivity contribution in [3.8, 4) is 0 Å². The number of rotatable bonds is 8. The molecule has 0 bridgehead atoms. The van der Waals surface area contributed by atoms with Crippen LogP contribution in [-0.2, 0) is 11.2 Å². The Bertz CT molecular complexity index is 713. The highest BCUT2D eigenvalue weighted by Crippen LogP contribution is 2.26. The van der Waals surface area contributed by atoms with E-state index in [1.54, 1.807) is 0 Å². The molecule has 2 aromatic heterocycles. The van der Waals surface area contributed by atoms with E-state index < -0.39 is 0 Å². The van der Waals surface area contributed by atoms with Crippen molar-refractivity contribution in [3.05, 3.63) is 35.0 Å². The van der Waals surface area contributed by atoms with Crippen LogP contribution in [0.1, 0.15) is 35.2 Å². The topological polar surface area (TPSA) is 105 Å². The van der Waals surface area contributed by atoms with Crippen molar-refractivity contribution in [1.29, 1.82) is 0 Å². The van der Waals surface area contributed by atoms with Gasteiger partial charge in [-0.05, 0) is 26.3 Å². The van der Waals surface area contributed by atoms with E-state index in [0.29, 0.717) is 32.1 Å². The minimum absolute atomic E-state index is 0.0347. The van der Waals surface area contributed by atoms with Crippen LogP contribution in [0.2, 0.25) is 0 Å². The molecular formula is C18H26N6O2. The van der Waals surface area contributed by atoms with E-state index in [9.17, 15) is 0 Å². The zero-order valence-corrected chi connectivity index (χ0v) is 15.3. The van der Waals surface area contributed by atoms with Crippen LogP contribution in [0.4, 0.5) is 11.8 Å². The normalized spacial score (nSPS) is 16.7. The minimum atomic E-state index is 0.0347. The largest absolute Gasteiger partial charge is 0.395 e. The number of hydrogen-bond acceptors (Lipinski definition) is 8. The predicted molar refractivity (Wildman–Crippen MR) is 99.5 cm³/mol. The van der Waals surface area contributed by atoms with Crippen LogP contribution in [0, 0.1) is 13.8 Å². The second-order valence-electron chi connectivity index (χ2n) is 6.46. The first-order valence-corrected chi connectivity index (χ1v) is 9.00. The van der Waals surface area contributed by atoms with Crippen LogP contribution in [-0.4, -0.2) is 58.0 Å². The average molecular weight is 358 g/mol. The van der Waals surface area contributed by atoms with Crippen LogP contribution in [0.5, 0.6) is 0 Å². The molecule has 3 rings (SSSR count). The molecule has 0 amide bonds. The molecule has 1 atom stereocenters. The molecule has 3 heterocycles. The highest BCUT2D eigenvalue weighted by molar-refractivity contribution is 5.43. The third-order valence-corrected chi connectivity index (χ3v) is 4.17.